The van der Waals surface area contributed by atoms with Gasteiger partial charge in [0, 0.05) is 43.2 Å². The van der Waals surface area contributed by atoms with E-state index in [1.54, 1.807) is 12.1 Å². The van der Waals surface area contributed by atoms with Gasteiger partial charge in [-0.1, -0.05) is 30.7 Å². The maximum absolute atomic E-state index is 12.6. The van der Waals surface area contributed by atoms with Crippen LogP contribution in [0.3, 0.4) is 0 Å². The Hall–Kier alpha value is -2.53. The third kappa shape index (κ3) is 5.97. The van der Waals surface area contributed by atoms with Crippen molar-refractivity contribution in [2.45, 2.75) is 26.2 Å². The number of ether oxygens (including phenoxy) is 1. The minimum atomic E-state index is 0.0381. The molecule has 0 radical (unpaired) electrons. The third-order valence-corrected chi connectivity index (χ3v) is 5.40. The van der Waals surface area contributed by atoms with Crippen LogP contribution in [0.1, 0.15) is 35.7 Å². The first kappa shape index (κ1) is 21.2. The molecule has 6 heteroatoms. The molecular weight excluding hydrogens is 388 g/mol. The van der Waals surface area contributed by atoms with Gasteiger partial charge >= 0.3 is 0 Å². The fraction of sp³-hybridized carbons (Fsp3) is 0.391. The molecule has 0 spiro atoms. The maximum atomic E-state index is 12.6. The van der Waals surface area contributed by atoms with Gasteiger partial charge < -0.3 is 14.5 Å². The summed E-state index contributed by atoms with van der Waals surface area (Å²) in [6, 6.07) is 15.0. The molecular formula is C23H27ClN2O3. The number of hydrogen-bond donors (Lipinski definition) is 0. The smallest absolute Gasteiger partial charge is 0.253 e. The van der Waals surface area contributed by atoms with Crippen LogP contribution in [-0.2, 0) is 11.2 Å². The van der Waals surface area contributed by atoms with Gasteiger partial charge in [-0.25, -0.2) is 0 Å². The molecule has 0 N–H and O–H groups in total. The molecule has 0 bridgehead atoms. The predicted molar refractivity (Wildman–Crippen MR) is 114 cm³/mol. The van der Waals surface area contributed by atoms with Crippen LogP contribution < -0.4 is 4.74 Å². The second-order valence-corrected chi connectivity index (χ2v) is 7.57. The number of nitrogens with zero attached hydrogens (tertiary/aromatic N) is 2. The van der Waals surface area contributed by atoms with Crippen molar-refractivity contribution in [2.75, 3.05) is 32.8 Å². The average Bonchev–Trinajstić information content (AvgIpc) is 2.77. The van der Waals surface area contributed by atoms with Crippen LogP contribution in [0.4, 0.5) is 0 Å². The summed E-state index contributed by atoms with van der Waals surface area (Å²) in [6.07, 6.45) is 2.06. The molecule has 0 saturated carbocycles. The molecule has 1 aliphatic heterocycles. The summed E-state index contributed by atoms with van der Waals surface area (Å²) in [7, 11) is 0. The highest BCUT2D eigenvalue weighted by Crippen LogP contribution is 2.16. The van der Waals surface area contributed by atoms with Crippen molar-refractivity contribution in [3.8, 4) is 5.75 Å². The van der Waals surface area contributed by atoms with Gasteiger partial charge in [0.2, 0.25) is 5.91 Å². The van der Waals surface area contributed by atoms with Crippen LogP contribution in [0.25, 0.3) is 0 Å². The van der Waals surface area contributed by atoms with Gasteiger partial charge in [0.25, 0.3) is 5.91 Å². The van der Waals surface area contributed by atoms with E-state index in [1.165, 1.54) is 5.56 Å². The molecule has 1 heterocycles. The van der Waals surface area contributed by atoms with Crippen molar-refractivity contribution >= 4 is 23.4 Å². The van der Waals surface area contributed by atoms with Gasteiger partial charge in [-0.3, -0.25) is 9.59 Å². The van der Waals surface area contributed by atoms with Crippen LogP contribution >= 0.6 is 11.6 Å². The topological polar surface area (TPSA) is 49.9 Å². The summed E-state index contributed by atoms with van der Waals surface area (Å²) in [5.74, 6) is 0.904. The summed E-state index contributed by atoms with van der Waals surface area (Å²) in [5.41, 5.74) is 1.93. The molecule has 1 aliphatic rings. The lowest BCUT2D eigenvalue weighted by molar-refractivity contribution is -0.132. The number of benzene rings is 2. The first-order chi connectivity index (χ1) is 14.1. The van der Waals surface area contributed by atoms with Crippen molar-refractivity contribution in [3.05, 3.63) is 64.7 Å². The van der Waals surface area contributed by atoms with Crippen molar-refractivity contribution in [3.63, 3.8) is 0 Å². The lowest BCUT2D eigenvalue weighted by atomic mass is 10.1. The zero-order valence-corrected chi connectivity index (χ0v) is 17.5. The van der Waals surface area contributed by atoms with Gasteiger partial charge in [-0.15, -0.1) is 0 Å². The van der Waals surface area contributed by atoms with Crippen molar-refractivity contribution < 1.29 is 14.3 Å². The number of hydrogen-bond acceptors (Lipinski definition) is 3. The zero-order chi connectivity index (χ0) is 20.6. The standard InChI is InChI=1S/C23H27ClN2O3/c1-2-18-5-7-19(8-6-18)23(28)26-15-13-25(14-16-26)22(27)4-3-17-29-21-11-9-20(24)10-12-21/h5-12H,2-4,13-17H2,1H3. The minimum Gasteiger partial charge on any atom is -0.494 e. The maximum Gasteiger partial charge on any atom is 0.253 e. The van der Waals surface area contributed by atoms with Crippen LogP contribution in [0.2, 0.25) is 5.02 Å². The summed E-state index contributed by atoms with van der Waals surface area (Å²) in [6.45, 7) is 4.88. The molecule has 3 rings (SSSR count). The number of piperazine rings is 1. The van der Waals surface area contributed by atoms with Crippen LogP contribution in [-0.4, -0.2) is 54.4 Å². The second kappa shape index (κ2) is 10.3. The number of aryl methyl sites for hydroxylation is 1. The molecule has 1 saturated heterocycles. The number of carbonyl (C=O) groups excluding carboxylic acids is 2. The Morgan fingerprint density at radius 1 is 0.931 bits per heavy atom. The van der Waals surface area contributed by atoms with Crippen LogP contribution in [0.5, 0.6) is 5.75 Å². The molecule has 154 valence electrons. The lowest BCUT2D eigenvalue weighted by Crippen LogP contribution is -2.50. The fourth-order valence-corrected chi connectivity index (χ4v) is 3.45. The summed E-state index contributed by atoms with van der Waals surface area (Å²) < 4.78 is 5.63. The molecule has 5 nitrogen and oxygen atoms in total. The molecule has 2 amide bonds. The number of rotatable bonds is 7. The normalized spacial score (nSPS) is 14.0. The van der Waals surface area contributed by atoms with Gasteiger partial charge in [0.15, 0.2) is 0 Å². The molecule has 0 atom stereocenters. The molecule has 2 aromatic rings. The Labute approximate surface area is 177 Å². The van der Waals surface area contributed by atoms with E-state index >= 15 is 0 Å². The van der Waals surface area contributed by atoms with Gasteiger partial charge in [0.1, 0.15) is 5.75 Å². The van der Waals surface area contributed by atoms with E-state index in [9.17, 15) is 9.59 Å². The van der Waals surface area contributed by atoms with E-state index in [-0.39, 0.29) is 11.8 Å². The van der Waals surface area contributed by atoms with E-state index in [1.807, 2.05) is 46.2 Å². The first-order valence-corrected chi connectivity index (χ1v) is 10.5. The molecule has 29 heavy (non-hydrogen) atoms. The second-order valence-electron chi connectivity index (χ2n) is 7.13. The quantitative estimate of drug-likeness (QED) is 0.642. The fourth-order valence-electron chi connectivity index (χ4n) is 3.33. The lowest BCUT2D eigenvalue weighted by Gasteiger charge is -2.35. The Morgan fingerprint density at radius 3 is 2.17 bits per heavy atom. The van der Waals surface area contributed by atoms with Crippen molar-refractivity contribution in [1.29, 1.82) is 0 Å². The first-order valence-electron chi connectivity index (χ1n) is 10.1. The highest BCUT2D eigenvalue weighted by molar-refractivity contribution is 6.30. The zero-order valence-electron chi connectivity index (χ0n) is 16.8. The SMILES string of the molecule is CCc1ccc(C(=O)N2CCN(C(=O)CCCOc3ccc(Cl)cc3)CC2)cc1. The van der Waals surface area contributed by atoms with Crippen LogP contribution in [0, 0.1) is 0 Å². The molecule has 2 aromatic carbocycles. The Morgan fingerprint density at radius 2 is 1.55 bits per heavy atom. The average molecular weight is 415 g/mol. The van der Waals surface area contributed by atoms with Gasteiger partial charge in [0.05, 0.1) is 6.61 Å². The minimum absolute atomic E-state index is 0.0381. The molecule has 0 unspecified atom stereocenters. The number of halogens is 1. The summed E-state index contributed by atoms with van der Waals surface area (Å²) in [5, 5.41) is 0.670. The number of amides is 2. The summed E-state index contributed by atoms with van der Waals surface area (Å²) >= 11 is 5.85. The largest absolute Gasteiger partial charge is 0.494 e. The van der Waals surface area contributed by atoms with Crippen molar-refractivity contribution in [1.82, 2.24) is 9.80 Å². The number of carbonyl (C=O) groups is 2. The molecule has 0 aromatic heterocycles. The molecule has 1 fully saturated rings. The Balaban J connectivity index is 1.38. The van der Waals surface area contributed by atoms with Crippen LogP contribution in [0.15, 0.2) is 48.5 Å². The predicted octanol–water partition coefficient (Wildman–Crippen LogP) is 4.05. The highest BCUT2D eigenvalue weighted by atomic mass is 35.5. The van der Waals surface area contributed by atoms with E-state index < -0.39 is 0 Å². The van der Waals surface area contributed by atoms with Gasteiger partial charge in [-0.05, 0) is 54.8 Å². The molecule has 0 aliphatic carbocycles. The Kier molecular flexibility index (Phi) is 7.53. The Bertz CT molecular complexity index is 813. The summed E-state index contributed by atoms with van der Waals surface area (Å²) in [4.78, 5) is 28.7. The highest BCUT2D eigenvalue weighted by Gasteiger charge is 2.24. The van der Waals surface area contributed by atoms with E-state index in [0.29, 0.717) is 56.2 Å². The van der Waals surface area contributed by atoms with E-state index in [2.05, 4.69) is 6.92 Å². The third-order valence-electron chi connectivity index (χ3n) is 5.15. The van der Waals surface area contributed by atoms with Crippen molar-refractivity contribution in [2.24, 2.45) is 0 Å². The van der Waals surface area contributed by atoms with E-state index in [0.717, 1.165) is 12.2 Å². The monoisotopic (exact) mass is 414 g/mol. The van der Waals surface area contributed by atoms with E-state index in [4.69, 9.17) is 16.3 Å². The van der Waals surface area contributed by atoms with Gasteiger partial charge in [-0.2, -0.15) is 0 Å².